The molecule has 19 heavy (non-hydrogen) atoms. The van der Waals surface area contributed by atoms with Crippen LogP contribution in [0.25, 0.3) is 0 Å². The predicted octanol–water partition coefficient (Wildman–Crippen LogP) is 3.58. The summed E-state index contributed by atoms with van der Waals surface area (Å²) >= 11 is 3.62. The van der Waals surface area contributed by atoms with Crippen LogP contribution in [0.3, 0.4) is 0 Å². The van der Waals surface area contributed by atoms with Gasteiger partial charge in [-0.25, -0.2) is 0 Å². The van der Waals surface area contributed by atoms with Crippen LogP contribution in [-0.4, -0.2) is 31.6 Å². The SMILES string of the molecule is CNCCC1CCN(Cc2ccc(C)c(Br)c2)CC1. The minimum absolute atomic E-state index is 0.924. The van der Waals surface area contributed by atoms with Crippen LogP contribution in [0, 0.1) is 12.8 Å². The molecule has 1 saturated heterocycles. The number of piperidine rings is 1. The fourth-order valence-corrected chi connectivity index (χ4v) is 3.20. The Morgan fingerprint density at radius 2 is 2.05 bits per heavy atom. The number of rotatable bonds is 5. The molecule has 0 unspecified atom stereocenters. The number of likely N-dealkylation sites (tertiary alicyclic amines) is 1. The van der Waals surface area contributed by atoms with E-state index in [1.165, 1.54) is 48.0 Å². The lowest BCUT2D eigenvalue weighted by atomic mass is 9.93. The maximum absolute atomic E-state index is 3.62. The van der Waals surface area contributed by atoms with E-state index < -0.39 is 0 Å². The predicted molar refractivity (Wildman–Crippen MR) is 85.4 cm³/mol. The molecule has 0 radical (unpaired) electrons. The number of benzene rings is 1. The lowest BCUT2D eigenvalue weighted by Crippen LogP contribution is -2.34. The maximum Gasteiger partial charge on any atom is 0.0234 e. The first kappa shape index (κ1) is 15.0. The summed E-state index contributed by atoms with van der Waals surface area (Å²) in [5.41, 5.74) is 2.74. The third kappa shape index (κ3) is 4.59. The number of halogens is 1. The zero-order valence-electron chi connectivity index (χ0n) is 12.1. The molecule has 0 bridgehead atoms. The first-order chi connectivity index (χ1) is 9.19. The summed E-state index contributed by atoms with van der Waals surface area (Å²) in [6, 6.07) is 6.73. The summed E-state index contributed by atoms with van der Waals surface area (Å²) in [6.07, 6.45) is 4.05. The van der Waals surface area contributed by atoms with Crippen LogP contribution in [0.5, 0.6) is 0 Å². The molecular formula is C16H25BrN2. The minimum Gasteiger partial charge on any atom is -0.320 e. The monoisotopic (exact) mass is 324 g/mol. The zero-order chi connectivity index (χ0) is 13.7. The highest BCUT2D eigenvalue weighted by molar-refractivity contribution is 9.10. The van der Waals surface area contributed by atoms with Crippen molar-refractivity contribution in [2.24, 2.45) is 5.92 Å². The summed E-state index contributed by atoms with van der Waals surface area (Å²) < 4.78 is 1.23. The summed E-state index contributed by atoms with van der Waals surface area (Å²) in [6.45, 7) is 6.90. The Hall–Kier alpha value is -0.380. The Balaban J connectivity index is 1.80. The van der Waals surface area contributed by atoms with Crippen molar-refractivity contribution in [3.05, 3.63) is 33.8 Å². The Kier molecular flexibility index (Phi) is 5.86. The van der Waals surface area contributed by atoms with E-state index in [4.69, 9.17) is 0 Å². The smallest absolute Gasteiger partial charge is 0.0234 e. The number of nitrogens with one attached hydrogen (secondary N) is 1. The second kappa shape index (κ2) is 7.41. The molecule has 2 nitrogen and oxygen atoms in total. The molecular weight excluding hydrogens is 300 g/mol. The molecule has 1 aliphatic rings. The van der Waals surface area contributed by atoms with Crippen molar-refractivity contribution in [1.29, 1.82) is 0 Å². The Bertz CT molecular complexity index is 398. The quantitative estimate of drug-likeness (QED) is 0.890. The molecule has 2 rings (SSSR count). The van der Waals surface area contributed by atoms with Crippen LogP contribution in [0.15, 0.2) is 22.7 Å². The van der Waals surface area contributed by atoms with Crippen molar-refractivity contribution in [2.75, 3.05) is 26.7 Å². The summed E-state index contributed by atoms with van der Waals surface area (Å²) in [5, 5.41) is 3.26. The highest BCUT2D eigenvalue weighted by Crippen LogP contribution is 2.23. The average molecular weight is 325 g/mol. The molecule has 3 heteroatoms. The number of hydrogen-bond acceptors (Lipinski definition) is 2. The van der Waals surface area contributed by atoms with E-state index in [0.29, 0.717) is 0 Å². The summed E-state index contributed by atoms with van der Waals surface area (Å²) in [7, 11) is 2.05. The molecule has 1 aliphatic heterocycles. The van der Waals surface area contributed by atoms with Gasteiger partial charge in [-0.05, 0) is 76.0 Å². The van der Waals surface area contributed by atoms with Crippen molar-refractivity contribution in [2.45, 2.75) is 32.7 Å². The van der Waals surface area contributed by atoms with E-state index >= 15 is 0 Å². The van der Waals surface area contributed by atoms with Crippen LogP contribution in [0.2, 0.25) is 0 Å². The summed E-state index contributed by atoms with van der Waals surface area (Å²) in [4.78, 5) is 2.59. The molecule has 0 amide bonds. The lowest BCUT2D eigenvalue weighted by Gasteiger charge is -2.32. The van der Waals surface area contributed by atoms with Gasteiger partial charge in [-0.3, -0.25) is 4.90 Å². The van der Waals surface area contributed by atoms with Crippen molar-refractivity contribution in [3.8, 4) is 0 Å². The van der Waals surface area contributed by atoms with Crippen LogP contribution < -0.4 is 5.32 Å². The zero-order valence-corrected chi connectivity index (χ0v) is 13.7. The highest BCUT2D eigenvalue weighted by Gasteiger charge is 2.18. The van der Waals surface area contributed by atoms with E-state index in [0.717, 1.165) is 19.0 Å². The topological polar surface area (TPSA) is 15.3 Å². The van der Waals surface area contributed by atoms with E-state index in [2.05, 4.69) is 51.3 Å². The molecule has 1 heterocycles. The van der Waals surface area contributed by atoms with Gasteiger partial charge in [-0.2, -0.15) is 0 Å². The first-order valence-corrected chi connectivity index (χ1v) is 8.10. The average Bonchev–Trinajstić information content (AvgIpc) is 2.42. The third-order valence-corrected chi connectivity index (χ3v) is 5.01. The van der Waals surface area contributed by atoms with Crippen LogP contribution in [0.1, 0.15) is 30.4 Å². The van der Waals surface area contributed by atoms with Crippen LogP contribution in [0.4, 0.5) is 0 Å². The van der Waals surface area contributed by atoms with Gasteiger partial charge in [0.05, 0.1) is 0 Å². The molecule has 1 aromatic carbocycles. The van der Waals surface area contributed by atoms with Gasteiger partial charge < -0.3 is 5.32 Å². The lowest BCUT2D eigenvalue weighted by molar-refractivity contribution is 0.172. The molecule has 106 valence electrons. The molecule has 0 atom stereocenters. The van der Waals surface area contributed by atoms with Gasteiger partial charge >= 0.3 is 0 Å². The van der Waals surface area contributed by atoms with E-state index in [1.54, 1.807) is 0 Å². The van der Waals surface area contributed by atoms with Gasteiger partial charge in [0, 0.05) is 11.0 Å². The van der Waals surface area contributed by atoms with Crippen LogP contribution in [-0.2, 0) is 6.54 Å². The Morgan fingerprint density at radius 3 is 2.68 bits per heavy atom. The molecule has 0 aliphatic carbocycles. The molecule has 1 aromatic rings. The Labute approximate surface area is 125 Å². The maximum atomic E-state index is 3.62. The normalized spacial score (nSPS) is 17.8. The fraction of sp³-hybridized carbons (Fsp3) is 0.625. The van der Waals surface area contributed by atoms with Gasteiger partial charge in [0.1, 0.15) is 0 Å². The second-order valence-corrected chi connectivity index (χ2v) is 6.55. The van der Waals surface area contributed by atoms with Crippen molar-refractivity contribution in [3.63, 3.8) is 0 Å². The number of hydrogen-bond donors (Lipinski definition) is 1. The van der Waals surface area contributed by atoms with Gasteiger partial charge in [0.25, 0.3) is 0 Å². The summed E-state index contributed by atoms with van der Waals surface area (Å²) in [5.74, 6) is 0.924. The van der Waals surface area contributed by atoms with Gasteiger partial charge in [0.15, 0.2) is 0 Å². The van der Waals surface area contributed by atoms with Crippen molar-refractivity contribution >= 4 is 15.9 Å². The van der Waals surface area contributed by atoms with Gasteiger partial charge in [0.2, 0.25) is 0 Å². The minimum atomic E-state index is 0.924. The molecule has 0 aromatic heterocycles. The van der Waals surface area contributed by atoms with Gasteiger partial charge in [-0.1, -0.05) is 28.1 Å². The van der Waals surface area contributed by atoms with Crippen molar-refractivity contribution in [1.82, 2.24) is 10.2 Å². The standard InChI is InChI=1S/C16H25BrN2/c1-13-3-4-15(11-16(13)17)12-19-9-6-14(7-10-19)5-8-18-2/h3-4,11,14,18H,5-10,12H2,1-2H3. The number of nitrogens with zero attached hydrogens (tertiary/aromatic N) is 1. The second-order valence-electron chi connectivity index (χ2n) is 5.70. The molecule has 1 N–H and O–H groups in total. The fourth-order valence-electron chi connectivity index (χ4n) is 2.77. The highest BCUT2D eigenvalue weighted by atomic mass is 79.9. The van der Waals surface area contributed by atoms with E-state index in [-0.39, 0.29) is 0 Å². The number of aryl methyl sites for hydroxylation is 1. The molecule has 1 fully saturated rings. The third-order valence-electron chi connectivity index (χ3n) is 4.15. The van der Waals surface area contributed by atoms with Crippen LogP contribution >= 0.6 is 15.9 Å². The molecule has 0 spiro atoms. The van der Waals surface area contributed by atoms with Crippen molar-refractivity contribution < 1.29 is 0 Å². The van der Waals surface area contributed by atoms with E-state index in [9.17, 15) is 0 Å². The largest absolute Gasteiger partial charge is 0.320 e. The first-order valence-electron chi connectivity index (χ1n) is 7.31. The van der Waals surface area contributed by atoms with E-state index in [1.807, 2.05) is 7.05 Å². The van der Waals surface area contributed by atoms with Gasteiger partial charge in [-0.15, -0.1) is 0 Å². The molecule has 0 saturated carbocycles. The Morgan fingerprint density at radius 1 is 1.32 bits per heavy atom.